The number of hydrogen-bond acceptors (Lipinski definition) is 2. The number of rotatable bonds is 3. The molecule has 0 radical (unpaired) electrons. The van der Waals surface area contributed by atoms with E-state index in [1.165, 1.54) is 42.1 Å². The fraction of sp³-hybridized carbons (Fsp3) is 0.647. The van der Waals surface area contributed by atoms with E-state index < -0.39 is 0 Å². The Morgan fingerprint density at radius 3 is 2.52 bits per heavy atom. The highest BCUT2D eigenvalue weighted by molar-refractivity contribution is 9.10. The van der Waals surface area contributed by atoms with Crippen LogP contribution < -0.4 is 5.32 Å². The first-order valence-corrected chi connectivity index (χ1v) is 9.32. The van der Waals surface area contributed by atoms with Crippen molar-refractivity contribution < 1.29 is 0 Å². The topological polar surface area (TPSA) is 15.3 Å². The molecule has 1 saturated carbocycles. The van der Waals surface area contributed by atoms with Crippen molar-refractivity contribution in [3.8, 4) is 0 Å². The largest absolute Gasteiger partial charge is 0.314 e. The number of benzene rings is 1. The van der Waals surface area contributed by atoms with Crippen LogP contribution in [0.25, 0.3) is 0 Å². The summed E-state index contributed by atoms with van der Waals surface area (Å²) in [4.78, 5) is 2.68. The van der Waals surface area contributed by atoms with Crippen molar-refractivity contribution in [2.45, 2.75) is 38.1 Å². The SMILES string of the molecule is Clc1ccc([C@@H](C2CCCCC2)N2CCNCC2)c(Br)c1. The highest BCUT2D eigenvalue weighted by atomic mass is 79.9. The third-order valence-electron chi connectivity index (χ3n) is 4.92. The Labute approximate surface area is 141 Å². The van der Waals surface area contributed by atoms with Gasteiger partial charge in [0.2, 0.25) is 0 Å². The molecule has 1 saturated heterocycles. The maximum atomic E-state index is 6.14. The molecule has 0 aromatic heterocycles. The number of halogens is 2. The monoisotopic (exact) mass is 370 g/mol. The zero-order chi connectivity index (χ0) is 14.7. The van der Waals surface area contributed by atoms with Gasteiger partial charge in [-0.15, -0.1) is 0 Å². The molecule has 1 N–H and O–H groups in total. The van der Waals surface area contributed by atoms with E-state index in [1.807, 2.05) is 6.07 Å². The highest BCUT2D eigenvalue weighted by Crippen LogP contribution is 2.41. The second kappa shape index (κ2) is 7.45. The molecule has 1 aliphatic heterocycles. The fourth-order valence-electron chi connectivity index (χ4n) is 3.90. The summed E-state index contributed by atoms with van der Waals surface area (Å²) in [6.07, 6.45) is 6.91. The Hall–Kier alpha value is -0.0900. The third-order valence-corrected chi connectivity index (χ3v) is 5.84. The van der Waals surface area contributed by atoms with Gasteiger partial charge in [-0.3, -0.25) is 4.90 Å². The smallest absolute Gasteiger partial charge is 0.0417 e. The Kier molecular flexibility index (Phi) is 5.60. The maximum Gasteiger partial charge on any atom is 0.0417 e. The summed E-state index contributed by atoms with van der Waals surface area (Å²) >= 11 is 9.89. The highest BCUT2D eigenvalue weighted by Gasteiger charge is 2.32. The Morgan fingerprint density at radius 1 is 1.14 bits per heavy atom. The summed E-state index contributed by atoms with van der Waals surface area (Å²) < 4.78 is 1.17. The van der Waals surface area contributed by atoms with E-state index in [9.17, 15) is 0 Å². The average Bonchev–Trinajstić information content (AvgIpc) is 2.52. The van der Waals surface area contributed by atoms with E-state index >= 15 is 0 Å². The van der Waals surface area contributed by atoms with Gasteiger partial charge in [-0.05, 0) is 36.5 Å². The van der Waals surface area contributed by atoms with Gasteiger partial charge in [0.15, 0.2) is 0 Å². The first-order valence-electron chi connectivity index (χ1n) is 8.15. The second-order valence-corrected chi connectivity index (χ2v) is 7.59. The van der Waals surface area contributed by atoms with Crippen LogP contribution in [0.3, 0.4) is 0 Å². The molecule has 0 bridgehead atoms. The van der Waals surface area contributed by atoms with Gasteiger partial charge in [0.05, 0.1) is 0 Å². The normalized spacial score (nSPS) is 23.1. The van der Waals surface area contributed by atoms with Crippen LogP contribution >= 0.6 is 27.5 Å². The number of hydrogen-bond donors (Lipinski definition) is 1. The molecule has 4 heteroatoms. The van der Waals surface area contributed by atoms with E-state index in [-0.39, 0.29) is 0 Å². The minimum atomic E-state index is 0.541. The average molecular weight is 372 g/mol. The van der Waals surface area contributed by atoms with Crippen LogP contribution in [-0.4, -0.2) is 31.1 Å². The summed E-state index contributed by atoms with van der Waals surface area (Å²) in [5.41, 5.74) is 1.42. The van der Waals surface area contributed by atoms with Gasteiger partial charge in [0, 0.05) is 41.7 Å². The quantitative estimate of drug-likeness (QED) is 0.833. The van der Waals surface area contributed by atoms with Crippen molar-refractivity contribution in [1.82, 2.24) is 10.2 Å². The lowest BCUT2D eigenvalue weighted by Gasteiger charge is -2.41. The van der Waals surface area contributed by atoms with E-state index in [0.717, 1.165) is 37.1 Å². The predicted molar refractivity (Wildman–Crippen MR) is 92.9 cm³/mol. The van der Waals surface area contributed by atoms with Gasteiger partial charge < -0.3 is 5.32 Å². The molecule has 0 spiro atoms. The lowest BCUT2D eigenvalue weighted by molar-refractivity contribution is 0.103. The van der Waals surface area contributed by atoms with Gasteiger partial charge in [-0.2, -0.15) is 0 Å². The molecule has 2 aliphatic rings. The molecule has 0 unspecified atom stereocenters. The molecule has 116 valence electrons. The van der Waals surface area contributed by atoms with Gasteiger partial charge in [0.25, 0.3) is 0 Å². The fourth-order valence-corrected chi connectivity index (χ4v) is 4.82. The van der Waals surface area contributed by atoms with Crippen molar-refractivity contribution in [3.63, 3.8) is 0 Å². The summed E-state index contributed by atoms with van der Waals surface area (Å²) in [6.45, 7) is 4.51. The van der Waals surface area contributed by atoms with Crippen molar-refractivity contribution >= 4 is 27.5 Å². The van der Waals surface area contributed by atoms with Crippen LogP contribution in [-0.2, 0) is 0 Å². The summed E-state index contributed by atoms with van der Waals surface area (Å²) in [5.74, 6) is 0.786. The van der Waals surface area contributed by atoms with Gasteiger partial charge in [0.1, 0.15) is 0 Å². The molecule has 3 rings (SSSR count). The molecule has 0 amide bonds. The molecule has 1 atom stereocenters. The first-order chi connectivity index (χ1) is 10.3. The maximum absolute atomic E-state index is 6.14. The van der Waals surface area contributed by atoms with E-state index in [2.05, 4.69) is 38.3 Å². The van der Waals surface area contributed by atoms with Crippen LogP contribution in [0.2, 0.25) is 5.02 Å². The molecule has 1 aromatic carbocycles. The Morgan fingerprint density at radius 2 is 1.86 bits per heavy atom. The minimum Gasteiger partial charge on any atom is -0.314 e. The Bertz CT molecular complexity index is 450. The molecular weight excluding hydrogens is 348 g/mol. The van der Waals surface area contributed by atoms with Crippen molar-refractivity contribution in [1.29, 1.82) is 0 Å². The number of nitrogens with zero attached hydrogens (tertiary/aromatic N) is 1. The molecule has 1 heterocycles. The second-order valence-electron chi connectivity index (χ2n) is 6.29. The standard InChI is InChI=1S/C17H24BrClN2/c18-16-12-14(19)6-7-15(16)17(13-4-2-1-3-5-13)21-10-8-20-9-11-21/h6-7,12-13,17,20H,1-5,8-11H2/t17-/m1/s1. The molecule has 2 nitrogen and oxygen atoms in total. The summed E-state index contributed by atoms with van der Waals surface area (Å²) in [5, 5.41) is 4.29. The van der Waals surface area contributed by atoms with Crippen LogP contribution in [0.4, 0.5) is 0 Å². The zero-order valence-corrected chi connectivity index (χ0v) is 14.8. The molecular formula is C17H24BrClN2. The Balaban J connectivity index is 1.89. The first kappa shape index (κ1) is 15.8. The summed E-state index contributed by atoms with van der Waals surface area (Å²) in [6, 6.07) is 6.86. The van der Waals surface area contributed by atoms with Crippen LogP contribution in [0.15, 0.2) is 22.7 Å². The molecule has 1 aromatic rings. The van der Waals surface area contributed by atoms with E-state index in [1.54, 1.807) is 0 Å². The van der Waals surface area contributed by atoms with E-state index in [0.29, 0.717) is 6.04 Å². The predicted octanol–water partition coefficient (Wildman–Crippen LogP) is 4.63. The van der Waals surface area contributed by atoms with Crippen LogP contribution in [0.1, 0.15) is 43.7 Å². The lowest BCUT2D eigenvalue weighted by atomic mass is 9.80. The molecule has 21 heavy (non-hydrogen) atoms. The van der Waals surface area contributed by atoms with Crippen molar-refractivity contribution in [2.75, 3.05) is 26.2 Å². The van der Waals surface area contributed by atoms with E-state index in [4.69, 9.17) is 11.6 Å². The van der Waals surface area contributed by atoms with Gasteiger partial charge >= 0.3 is 0 Å². The molecule has 1 aliphatic carbocycles. The number of nitrogens with one attached hydrogen (secondary N) is 1. The van der Waals surface area contributed by atoms with Crippen molar-refractivity contribution in [3.05, 3.63) is 33.3 Å². The van der Waals surface area contributed by atoms with Crippen LogP contribution in [0.5, 0.6) is 0 Å². The summed E-state index contributed by atoms with van der Waals surface area (Å²) in [7, 11) is 0. The van der Waals surface area contributed by atoms with Crippen LogP contribution in [0, 0.1) is 5.92 Å². The van der Waals surface area contributed by atoms with Gasteiger partial charge in [-0.25, -0.2) is 0 Å². The minimum absolute atomic E-state index is 0.541. The molecule has 2 fully saturated rings. The van der Waals surface area contributed by atoms with Gasteiger partial charge in [-0.1, -0.05) is 52.9 Å². The zero-order valence-electron chi connectivity index (χ0n) is 12.5. The lowest BCUT2D eigenvalue weighted by Crippen LogP contribution is -2.47. The third kappa shape index (κ3) is 3.82. The number of piperazine rings is 1. The van der Waals surface area contributed by atoms with Crippen molar-refractivity contribution in [2.24, 2.45) is 5.92 Å².